The van der Waals surface area contributed by atoms with E-state index in [4.69, 9.17) is 10.5 Å². The molecule has 0 bridgehead atoms. The predicted octanol–water partition coefficient (Wildman–Crippen LogP) is 3.65. The van der Waals surface area contributed by atoms with Gasteiger partial charge in [-0.3, -0.25) is 0 Å². The maximum Gasteiger partial charge on any atom is 0.133 e. The molecule has 1 fully saturated rings. The Labute approximate surface area is 105 Å². The van der Waals surface area contributed by atoms with E-state index in [2.05, 4.69) is 28.1 Å². The first-order valence-electron chi connectivity index (χ1n) is 5.90. The van der Waals surface area contributed by atoms with Crippen LogP contribution in [-0.2, 0) is 0 Å². The summed E-state index contributed by atoms with van der Waals surface area (Å²) >= 11 is 3.52. The van der Waals surface area contributed by atoms with Gasteiger partial charge in [0.05, 0.1) is 11.1 Å². The van der Waals surface area contributed by atoms with Gasteiger partial charge in [-0.25, -0.2) is 0 Å². The highest BCUT2D eigenvalue weighted by molar-refractivity contribution is 9.10. The van der Waals surface area contributed by atoms with Gasteiger partial charge >= 0.3 is 0 Å². The lowest BCUT2D eigenvalue weighted by molar-refractivity contribution is 0.264. The van der Waals surface area contributed by atoms with Gasteiger partial charge in [0.15, 0.2) is 0 Å². The summed E-state index contributed by atoms with van der Waals surface area (Å²) in [4.78, 5) is 0. The zero-order valence-corrected chi connectivity index (χ0v) is 11.2. The van der Waals surface area contributed by atoms with Crippen LogP contribution in [0, 0.1) is 5.92 Å². The average molecular weight is 284 g/mol. The molecular formula is C13H18BrNO. The fourth-order valence-corrected chi connectivity index (χ4v) is 2.58. The first-order chi connectivity index (χ1) is 7.72. The van der Waals surface area contributed by atoms with E-state index in [1.807, 2.05) is 13.0 Å². The van der Waals surface area contributed by atoms with Gasteiger partial charge < -0.3 is 10.5 Å². The summed E-state index contributed by atoms with van der Waals surface area (Å²) in [6, 6.07) is 6.36. The second kappa shape index (κ2) is 5.19. The third kappa shape index (κ3) is 2.41. The van der Waals surface area contributed by atoms with Crippen LogP contribution >= 0.6 is 15.9 Å². The number of nitrogens with two attached hydrogens (primary N) is 1. The van der Waals surface area contributed by atoms with E-state index in [1.54, 1.807) is 0 Å². The fraction of sp³-hybridized carbons (Fsp3) is 0.538. The molecule has 1 aliphatic carbocycles. The van der Waals surface area contributed by atoms with Crippen molar-refractivity contribution < 1.29 is 4.74 Å². The van der Waals surface area contributed by atoms with E-state index in [9.17, 15) is 0 Å². The summed E-state index contributed by atoms with van der Waals surface area (Å²) in [6.07, 6.45) is 3.87. The molecule has 1 saturated carbocycles. The van der Waals surface area contributed by atoms with Crippen molar-refractivity contribution in [1.82, 2.24) is 0 Å². The molecule has 0 amide bonds. The Kier molecular flexibility index (Phi) is 3.87. The Bertz CT molecular complexity index is 363. The summed E-state index contributed by atoms with van der Waals surface area (Å²) in [5.41, 5.74) is 7.44. The number of hydrogen-bond donors (Lipinski definition) is 1. The van der Waals surface area contributed by atoms with Crippen molar-refractivity contribution in [2.24, 2.45) is 11.7 Å². The van der Waals surface area contributed by atoms with Crippen molar-refractivity contribution in [3.05, 3.63) is 28.2 Å². The molecule has 3 heteroatoms. The van der Waals surface area contributed by atoms with Gasteiger partial charge in [0.25, 0.3) is 0 Å². The Morgan fingerprint density at radius 3 is 2.75 bits per heavy atom. The van der Waals surface area contributed by atoms with Crippen molar-refractivity contribution in [3.63, 3.8) is 0 Å². The van der Waals surface area contributed by atoms with Crippen LogP contribution in [-0.4, -0.2) is 6.61 Å². The van der Waals surface area contributed by atoms with Crippen molar-refractivity contribution in [1.29, 1.82) is 0 Å². The van der Waals surface area contributed by atoms with Gasteiger partial charge in [-0.1, -0.05) is 12.5 Å². The lowest BCUT2D eigenvalue weighted by Crippen LogP contribution is -2.26. The number of benzene rings is 1. The van der Waals surface area contributed by atoms with Crippen LogP contribution < -0.4 is 10.5 Å². The maximum absolute atomic E-state index is 6.23. The van der Waals surface area contributed by atoms with Crippen LogP contribution in [0.15, 0.2) is 22.7 Å². The average Bonchev–Trinajstić information content (AvgIpc) is 2.18. The van der Waals surface area contributed by atoms with Crippen LogP contribution in [0.3, 0.4) is 0 Å². The summed E-state index contributed by atoms with van der Waals surface area (Å²) in [7, 11) is 0. The minimum Gasteiger partial charge on any atom is -0.493 e. The Morgan fingerprint density at radius 2 is 2.25 bits per heavy atom. The number of hydrogen-bond acceptors (Lipinski definition) is 2. The topological polar surface area (TPSA) is 35.2 Å². The molecule has 2 rings (SSSR count). The van der Waals surface area contributed by atoms with Crippen molar-refractivity contribution in [2.45, 2.75) is 32.2 Å². The van der Waals surface area contributed by atoms with E-state index in [-0.39, 0.29) is 6.04 Å². The largest absolute Gasteiger partial charge is 0.493 e. The zero-order valence-electron chi connectivity index (χ0n) is 9.58. The normalized spacial score (nSPS) is 17.9. The monoisotopic (exact) mass is 283 g/mol. The van der Waals surface area contributed by atoms with E-state index in [0.29, 0.717) is 12.5 Å². The SMILES string of the molecule is CCOc1ccc(C(N)C2CCC2)cc1Br. The van der Waals surface area contributed by atoms with Crippen molar-refractivity contribution in [2.75, 3.05) is 6.61 Å². The molecule has 2 N–H and O–H groups in total. The smallest absolute Gasteiger partial charge is 0.133 e. The minimum absolute atomic E-state index is 0.181. The second-order valence-corrected chi connectivity index (χ2v) is 5.19. The molecule has 0 spiro atoms. The number of halogens is 1. The second-order valence-electron chi connectivity index (χ2n) is 4.34. The molecule has 16 heavy (non-hydrogen) atoms. The molecule has 1 aliphatic rings. The van der Waals surface area contributed by atoms with Crippen LogP contribution in [0.2, 0.25) is 0 Å². The van der Waals surface area contributed by atoms with E-state index < -0.39 is 0 Å². The first kappa shape index (κ1) is 11.9. The van der Waals surface area contributed by atoms with Crippen molar-refractivity contribution >= 4 is 15.9 Å². The van der Waals surface area contributed by atoms with E-state index in [0.717, 1.165) is 10.2 Å². The summed E-state index contributed by atoms with van der Waals surface area (Å²) in [5.74, 6) is 1.57. The van der Waals surface area contributed by atoms with Gasteiger partial charge in [-0.15, -0.1) is 0 Å². The molecule has 1 atom stereocenters. The molecule has 1 aromatic carbocycles. The highest BCUT2D eigenvalue weighted by Gasteiger charge is 2.25. The Morgan fingerprint density at radius 1 is 1.50 bits per heavy atom. The first-order valence-corrected chi connectivity index (χ1v) is 6.69. The van der Waals surface area contributed by atoms with Crippen LogP contribution in [0.5, 0.6) is 5.75 Å². The molecule has 0 saturated heterocycles. The molecule has 1 unspecified atom stereocenters. The number of rotatable bonds is 4. The summed E-state index contributed by atoms with van der Waals surface area (Å²) in [6.45, 7) is 2.67. The standard InChI is InChI=1S/C13H18BrNO/c1-2-16-12-7-6-10(8-11(12)14)13(15)9-4-3-5-9/h6-9,13H,2-5,15H2,1H3. The van der Waals surface area contributed by atoms with Crippen LogP contribution in [0.25, 0.3) is 0 Å². The quantitative estimate of drug-likeness (QED) is 0.916. The fourth-order valence-electron chi connectivity index (χ4n) is 2.07. The van der Waals surface area contributed by atoms with Crippen LogP contribution in [0.1, 0.15) is 37.8 Å². The number of ether oxygens (including phenoxy) is 1. The van der Waals surface area contributed by atoms with Gasteiger partial charge in [0, 0.05) is 6.04 Å². The summed E-state index contributed by atoms with van der Waals surface area (Å²) < 4.78 is 6.49. The molecule has 0 heterocycles. The van der Waals surface area contributed by atoms with Gasteiger partial charge in [0.1, 0.15) is 5.75 Å². The molecular weight excluding hydrogens is 266 g/mol. The van der Waals surface area contributed by atoms with E-state index in [1.165, 1.54) is 24.8 Å². The van der Waals surface area contributed by atoms with Crippen molar-refractivity contribution in [3.8, 4) is 5.75 Å². The molecule has 0 aliphatic heterocycles. The highest BCUT2D eigenvalue weighted by Crippen LogP contribution is 2.38. The van der Waals surface area contributed by atoms with Gasteiger partial charge in [0.2, 0.25) is 0 Å². The van der Waals surface area contributed by atoms with Gasteiger partial charge in [-0.05, 0) is 59.3 Å². The minimum atomic E-state index is 0.181. The predicted molar refractivity (Wildman–Crippen MR) is 69.6 cm³/mol. The third-order valence-corrected chi connectivity index (χ3v) is 3.92. The molecule has 88 valence electrons. The molecule has 2 nitrogen and oxygen atoms in total. The summed E-state index contributed by atoms with van der Waals surface area (Å²) in [5, 5.41) is 0. The third-order valence-electron chi connectivity index (χ3n) is 3.30. The lowest BCUT2D eigenvalue weighted by Gasteiger charge is -2.31. The zero-order chi connectivity index (χ0) is 11.5. The van der Waals surface area contributed by atoms with Crippen LogP contribution in [0.4, 0.5) is 0 Å². The molecule has 0 radical (unpaired) electrons. The molecule has 1 aromatic rings. The Balaban J connectivity index is 2.13. The highest BCUT2D eigenvalue weighted by atomic mass is 79.9. The molecule has 0 aromatic heterocycles. The Hall–Kier alpha value is -0.540. The van der Waals surface area contributed by atoms with E-state index >= 15 is 0 Å². The maximum atomic E-state index is 6.23. The van der Waals surface area contributed by atoms with Gasteiger partial charge in [-0.2, -0.15) is 0 Å². The lowest BCUT2D eigenvalue weighted by atomic mass is 9.77.